The lowest BCUT2D eigenvalue weighted by Crippen LogP contribution is -2.37. The summed E-state index contributed by atoms with van der Waals surface area (Å²) in [5.41, 5.74) is 3.30. The van der Waals surface area contributed by atoms with E-state index in [2.05, 4.69) is 15.4 Å². The van der Waals surface area contributed by atoms with E-state index in [4.69, 9.17) is 9.26 Å². The lowest BCUT2D eigenvalue weighted by Gasteiger charge is -2.27. The van der Waals surface area contributed by atoms with Crippen molar-refractivity contribution in [2.75, 3.05) is 26.3 Å². The van der Waals surface area contributed by atoms with Gasteiger partial charge >= 0.3 is 0 Å². The van der Waals surface area contributed by atoms with Gasteiger partial charge in [0.15, 0.2) is 0 Å². The molecule has 1 saturated heterocycles. The van der Waals surface area contributed by atoms with Crippen molar-refractivity contribution in [2.45, 2.75) is 38.4 Å². The standard InChI is InChI=1S/C19H24FN3O2/c20-15-3-1-2-14(10-15)12-21-16-4-5-19-17(11-16)18(22-25-19)13-23-6-8-24-9-7-23/h1-3,10,16,21H,4-9,11-13H2. The highest BCUT2D eigenvalue weighted by molar-refractivity contribution is 5.27. The van der Waals surface area contributed by atoms with Crippen molar-refractivity contribution in [3.05, 3.63) is 52.7 Å². The van der Waals surface area contributed by atoms with E-state index < -0.39 is 0 Å². The minimum atomic E-state index is -0.183. The molecule has 5 nitrogen and oxygen atoms in total. The van der Waals surface area contributed by atoms with Crippen molar-refractivity contribution in [3.8, 4) is 0 Å². The molecule has 1 atom stereocenters. The third kappa shape index (κ3) is 4.08. The van der Waals surface area contributed by atoms with Crippen LogP contribution in [0.25, 0.3) is 0 Å². The Bertz CT molecular complexity index is 712. The second kappa shape index (κ2) is 7.64. The number of nitrogens with zero attached hydrogens (tertiary/aromatic N) is 2. The largest absolute Gasteiger partial charge is 0.379 e. The predicted molar refractivity (Wildman–Crippen MR) is 91.7 cm³/mol. The van der Waals surface area contributed by atoms with E-state index in [0.717, 1.165) is 69.1 Å². The van der Waals surface area contributed by atoms with Gasteiger partial charge in [0, 0.05) is 44.2 Å². The van der Waals surface area contributed by atoms with Gasteiger partial charge in [0.2, 0.25) is 0 Å². The summed E-state index contributed by atoms with van der Waals surface area (Å²) in [6.07, 6.45) is 2.86. The van der Waals surface area contributed by atoms with Crippen LogP contribution in [0, 0.1) is 5.82 Å². The minimum absolute atomic E-state index is 0.183. The summed E-state index contributed by atoms with van der Waals surface area (Å²) in [4.78, 5) is 2.37. The van der Waals surface area contributed by atoms with Crippen LogP contribution < -0.4 is 5.32 Å². The summed E-state index contributed by atoms with van der Waals surface area (Å²) < 4.78 is 24.3. The van der Waals surface area contributed by atoms with Crippen LogP contribution in [0.15, 0.2) is 28.8 Å². The van der Waals surface area contributed by atoms with Crippen molar-refractivity contribution < 1.29 is 13.7 Å². The number of aromatic nitrogens is 1. The van der Waals surface area contributed by atoms with Crippen molar-refractivity contribution in [2.24, 2.45) is 0 Å². The van der Waals surface area contributed by atoms with E-state index in [9.17, 15) is 4.39 Å². The predicted octanol–water partition coefficient (Wildman–Crippen LogP) is 2.29. The molecule has 6 heteroatoms. The molecule has 134 valence electrons. The molecule has 0 radical (unpaired) electrons. The van der Waals surface area contributed by atoms with Crippen LogP contribution in [-0.4, -0.2) is 42.4 Å². The zero-order valence-corrected chi connectivity index (χ0v) is 14.3. The number of fused-ring (bicyclic) bond motifs is 1. The molecule has 1 aliphatic carbocycles. The van der Waals surface area contributed by atoms with Gasteiger partial charge in [-0.25, -0.2) is 4.39 Å². The molecule has 2 aromatic rings. The monoisotopic (exact) mass is 345 g/mol. The van der Waals surface area contributed by atoms with Gasteiger partial charge in [0.25, 0.3) is 0 Å². The summed E-state index contributed by atoms with van der Waals surface area (Å²) in [7, 11) is 0. The van der Waals surface area contributed by atoms with Gasteiger partial charge in [0.05, 0.1) is 13.2 Å². The lowest BCUT2D eigenvalue weighted by atomic mass is 9.91. The highest BCUT2D eigenvalue weighted by atomic mass is 19.1. The molecule has 2 aliphatic rings. The Labute approximate surface area is 147 Å². The van der Waals surface area contributed by atoms with Crippen LogP contribution in [0.3, 0.4) is 0 Å². The van der Waals surface area contributed by atoms with Crippen molar-refractivity contribution in [3.63, 3.8) is 0 Å². The number of halogens is 1. The topological polar surface area (TPSA) is 50.5 Å². The molecule has 0 spiro atoms. The number of nitrogens with one attached hydrogen (secondary N) is 1. The molecule has 1 N–H and O–H groups in total. The molecule has 1 fully saturated rings. The van der Waals surface area contributed by atoms with Crippen LogP contribution in [0.2, 0.25) is 0 Å². The Morgan fingerprint density at radius 1 is 1.28 bits per heavy atom. The first-order chi connectivity index (χ1) is 12.3. The Kier molecular flexibility index (Phi) is 5.10. The summed E-state index contributed by atoms with van der Waals surface area (Å²) in [5, 5.41) is 7.88. The zero-order chi connectivity index (χ0) is 17.1. The fourth-order valence-corrected chi connectivity index (χ4v) is 3.64. The first kappa shape index (κ1) is 16.7. The highest BCUT2D eigenvalue weighted by Gasteiger charge is 2.26. The fraction of sp³-hybridized carbons (Fsp3) is 0.526. The average molecular weight is 345 g/mol. The Balaban J connectivity index is 1.37. The van der Waals surface area contributed by atoms with E-state index in [0.29, 0.717) is 12.6 Å². The number of morpholine rings is 1. The summed E-state index contributed by atoms with van der Waals surface area (Å²) in [6.45, 7) is 4.99. The maximum absolute atomic E-state index is 13.3. The zero-order valence-electron chi connectivity index (χ0n) is 14.3. The normalized spacial score (nSPS) is 21.2. The first-order valence-electron chi connectivity index (χ1n) is 9.02. The number of ether oxygens (including phenoxy) is 1. The molecule has 1 aliphatic heterocycles. The third-order valence-corrected chi connectivity index (χ3v) is 5.08. The Morgan fingerprint density at radius 3 is 3.00 bits per heavy atom. The molecular formula is C19H24FN3O2. The summed E-state index contributed by atoms with van der Waals surface area (Å²) in [5.74, 6) is 0.851. The van der Waals surface area contributed by atoms with Crippen molar-refractivity contribution in [1.29, 1.82) is 0 Å². The average Bonchev–Trinajstić information content (AvgIpc) is 3.03. The van der Waals surface area contributed by atoms with Crippen LogP contribution >= 0.6 is 0 Å². The molecule has 25 heavy (non-hydrogen) atoms. The molecule has 0 bridgehead atoms. The van der Waals surface area contributed by atoms with E-state index >= 15 is 0 Å². The maximum Gasteiger partial charge on any atom is 0.140 e. The Morgan fingerprint density at radius 2 is 2.16 bits per heavy atom. The molecule has 0 saturated carbocycles. The molecule has 2 heterocycles. The van der Waals surface area contributed by atoms with Crippen molar-refractivity contribution in [1.82, 2.24) is 15.4 Å². The molecule has 1 aromatic carbocycles. The smallest absolute Gasteiger partial charge is 0.140 e. The van der Waals surface area contributed by atoms with Gasteiger partial charge in [0.1, 0.15) is 17.3 Å². The quantitative estimate of drug-likeness (QED) is 0.901. The SMILES string of the molecule is Fc1cccc(CNC2CCc3onc(CN4CCOCC4)c3C2)c1. The van der Waals surface area contributed by atoms with E-state index in [1.807, 2.05) is 6.07 Å². The fourth-order valence-electron chi connectivity index (χ4n) is 3.64. The van der Waals surface area contributed by atoms with Crippen LogP contribution in [0.5, 0.6) is 0 Å². The summed E-state index contributed by atoms with van der Waals surface area (Å²) in [6, 6.07) is 7.15. The van der Waals surface area contributed by atoms with Crippen LogP contribution in [0.1, 0.15) is 29.0 Å². The number of aryl methyl sites for hydroxylation is 1. The second-order valence-corrected chi connectivity index (χ2v) is 6.87. The Hall–Kier alpha value is -1.76. The van der Waals surface area contributed by atoms with Gasteiger partial charge in [-0.3, -0.25) is 4.90 Å². The summed E-state index contributed by atoms with van der Waals surface area (Å²) >= 11 is 0. The van der Waals surface area contributed by atoms with Gasteiger partial charge in [-0.1, -0.05) is 17.3 Å². The van der Waals surface area contributed by atoms with Crippen molar-refractivity contribution >= 4 is 0 Å². The third-order valence-electron chi connectivity index (χ3n) is 5.08. The van der Waals surface area contributed by atoms with Crippen LogP contribution in [0.4, 0.5) is 4.39 Å². The van der Waals surface area contributed by atoms with E-state index in [1.54, 1.807) is 12.1 Å². The van der Waals surface area contributed by atoms with Gasteiger partial charge in [-0.05, 0) is 30.5 Å². The highest BCUT2D eigenvalue weighted by Crippen LogP contribution is 2.26. The number of hydrogen-bond acceptors (Lipinski definition) is 5. The molecule has 1 aromatic heterocycles. The first-order valence-corrected chi connectivity index (χ1v) is 9.02. The molecule has 4 rings (SSSR count). The van der Waals surface area contributed by atoms with Crippen LogP contribution in [-0.2, 0) is 30.7 Å². The number of benzene rings is 1. The molecular weight excluding hydrogens is 321 g/mol. The molecule has 1 unspecified atom stereocenters. The van der Waals surface area contributed by atoms with Gasteiger partial charge < -0.3 is 14.6 Å². The maximum atomic E-state index is 13.3. The van der Waals surface area contributed by atoms with Gasteiger partial charge in [-0.2, -0.15) is 0 Å². The number of rotatable bonds is 5. The van der Waals surface area contributed by atoms with E-state index in [-0.39, 0.29) is 5.82 Å². The minimum Gasteiger partial charge on any atom is -0.379 e. The number of hydrogen-bond donors (Lipinski definition) is 1. The van der Waals surface area contributed by atoms with Gasteiger partial charge in [-0.15, -0.1) is 0 Å². The van der Waals surface area contributed by atoms with E-state index in [1.165, 1.54) is 11.6 Å². The molecule has 0 amide bonds. The lowest BCUT2D eigenvalue weighted by molar-refractivity contribution is 0.0331. The second-order valence-electron chi connectivity index (χ2n) is 6.87.